The van der Waals surface area contributed by atoms with Crippen LogP contribution in [-0.4, -0.2) is 13.1 Å². The van der Waals surface area contributed by atoms with Crippen LogP contribution in [-0.2, 0) is 0 Å². The quantitative estimate of drug-likeness (QED) is 0.472. The lowest BCUT2D eigenvalue weighted by Crippen LogP contribution is -2.49. The highest BCUT2D eigenvalue weighted by atomic mass is 14.9. The molecule has 0 heterocycles. The molecule has 6 atom stereocenters. The number of nitrogens with one attached hydrogen (secondary N) is 1. The molecule has 0 aromatic heterocycles. The molecule has 0 amide bonds. The largest absolute Gasteiger partial charge is 0.316 e. The highest BCUT2D eigenvalue weighted by molar-refractivity contribution is 4.97. The molecule has 2 aliphatic rings. The van der Waals surface area contributed by atoms with Gasteiger partial charge in [0.1, 0.15) is 0 Å². The van der Waals surface area contributed by atoms with Gasteiger partial charge in [-0.25, -0.2) is 0 Å². The van der Waals surface area contributed by atoms with Crippen molar-refractivity contribution in [2.24, 2.45) is 35.5 Å². The van der Waals surface area contributed by atoms with Crippen molar-refractivity contribution in [2.45, 2.75) is 91.9 Å². The van der Waals surface area contributed by atoms with E-state index in [1.165, 1.54) is 70.9 Å². The standard InChI is InChI=1S/C22H43N/c1-5-9-11-17(10-6-2)15-23-16-22-20(8-4)18(7-3)14-19-12-13-21(19)22/h17-23H,5-16H2,1-4H3. The van der Waals surface area contributed by atoms with Crippen molar-refractivity contribution in [2.75, 3.05) is 13.1 Å². The lowest BCUT2D eigenvalue weighted by Gasteiger charge is -2.53. The van der Waals surface area contributed by atoms with Crippen molar-refractivity contribution >= 4 is 0 Å². The maximum atomic E-state index is 3.94. The van der Waals surface area contributed by atoms with E-state index in [9.17, 15) is 0 Å². The lowest BCUT2D eigenvalue weighted by atomic mass is 9.53. The van der Waals surface area contributed by atoms with E-state index in [-0.39, 0.29) is 0 Å². The second-order valence-electron chi connectivity index (χ2n) is 8.60. The minimum atomic E-state index is 0.919. The van der Waals surface area contributed by atoms with Gasteiger partial charge in [-0.15, -0.1) is 0 Å². The maximum Gasteiger partial charge on any atom is -0.00149 e. The van der Waals surface area contributed by atoms with E-state index in [2.05, 4.69) is 33.0 Å². The third-order valence-electron chi connectivity index (χ3n) is 7.26. The maximum absolute atomic E-state index is 3.94. The van der Waals surface area contributed by atoms with Gasteiger partial charge in [0.2, 0.25) is 0 Å². The van der Waals surface area contributed by atoms with E-state index < -0.39 is 0 Å². The molecule has 0 saturated heterocycles. The van der Waals surface area contributed by atoms with Gasteiger partial charge >= 0.3 is 0 Å². The predicted molar refractivity (Wildman–Crippen MR) is 103 cm³/mol. The second kappa shape index (κ2) is 10.1. The average molecular weight is 322 g/mol. The van der Waals surface area contributed by atoms with Gasteiger partial charge in [0.15, 0.2) is 0 Å². The smallest absolute Gasteiger partial charge is 0.00149 e. The molecule has 0 spiro atoms. The van der Waals surface area contributed by atoms with Crippen LogP contribution < -0.4 is 5.32 Å². The molecule has 2 saturated carbocycles. The highest BCUT2D eigenvalue weighted by Gasteiger charge is 2.46. The molecule has 0 radical (unpaired) electrons. The van der Waals surface area contributed by atoms with E-state index in [0.717, 1.165) is 35.5 Å². The fraction of sp³-hybridized carbons (Fsp3) is 1.00. The SMILES string of the molecule is CCCCC(CCC)CNCC1C(CC)C(CC)CC2CCC21. The van der Waals surface area contributed by atoms with E-state index in [0.29, 0.717) is 0 Å². The Morgan fingerprint density at radius 2 is 1.74 bits per heavy atom. The first-order valence-corrected chi connectivity index (χ1v) is 11.0. The summed E-state index contributed by atoms with van der Waals surface area (Å²) in [5.41, 5.74) is 0. The summed E-state index contributed by atoms with van der Waals surface area (Å²) in [5.74, 6) is 6.06. The van der Waals surface area contributed by atoms with Crippen molar-refractivity contribution in [1.29, 1.82) is 0 Å². The molecular formula is C22H43N. The van der Waals surface area contributed by atoms with Gasteiger partial charge in [0, 0.05) is 0 Å². The second-order valence-corrected chi connectivity index (χ2v) is 8.60. The van der Waals surface area contributed by atoms with Gasteiger partial charge < -0.3 is 5.32 Å². The van der Waals surface area contributed by atoms with Gasteiger partial charge in [-0.3, -0.25) is 0 Å². The van der Waals surface area contributed by atoms with E-state index in [4.69, 9.17) is 0 Å². The third-order valence-corrected chi connectivity index (χ3v) is 7.26. The summed E-state index contributed by atoms with van der Waals surface area (Å²) in [6.07, 6.45) is 14.4. The van der Waals surface area contributed by atoms with Crippen molar-refractivity contribution in [3.05, 3.63) is 0 Å². The van der Waals surface area contributed by atoms with Gasteiger partial charge in [0.25, 0.3) is 0 Å². The van der Waals surface area contributed by atoms with Crippen LogP contribution in [0, 0.1) is 35.5 Å². The fourth-order valence-electron chi connectivity index (χ4n) is 5.79. The van der Waals surface area contributed by atoms with Crippen LogP contribution in [0.5, 0.6) is 0 Å². The Morgan fingerprint density at radius 3 is 2.30 bits per heavy atom. The first-order valence-electron chi connectivity index (χ1n) is 11.0. The van der Waals surface area contributed by atoms with Gasteiger partial charge in [-0.1, -0.05) is 59.8 Å². The summed E-state index contributed by atoms with van der Waals surface area (Å²) in [5, 5.41) is 3.94. The number of hydrogen-bond donors (Lipinski definition) is 1. The first kappa shape index (κ1) is 19.3. The minimum Gasteiger partial charge on any atom is -0.316 e. The Labute approximate surface area is 146 Å². The number of fused-ring (bicyclic) bond motifs is 1. The number of hydrogen-bond acceptors (Lipinski definition) is 1. The molecule has 2 fully saturated rings. The summed E-state index contributed by atoms with van der Waals surface area (Å²) in [4.78, 5) is 0. The van der Waals surface area contributed by atoms with Crippen LogP contribution in [0.15, 0.2) is 0 Å². The lowest BCUT2D eigenvalue weighted by molar-refractivity contribution is -0.0305. The van der Waals surface area contributed by atoms with Gasteiger partial charge in [0.05, 0.1) is 0 Å². The molecule has 2 aliphatic carbocycles. The first-order chi connectivity index (χ1) is 11.2. The fourth-order valence-corrected chi connectivity index (χ4v) is 5.79. The van der Waals surface area contributed by atoms with E-state index >= 15 is 0 Å². The van der Waals surface area contributed by atoms with E-state index in [1.807, 2.05) is 0 Å². The summed E-state index contributed by atoms with van der Waals surface area (Å²) < 4.78 is 0. The van der Waals surface area contributed by atoms with Gasteiger partial charge in [-0.05, 0) is 80.7 Å². The summed E-state index contributed by atoms with van der Waals surface area (Å²) in [7, 11) is 0. The minimum absolute atomic E-state index is 0.919. The van der Waals surface area contributed by atoms with E-state index in [1.54, 1.807) is 6.42 Å². The molecule has 6 unspecified atom stereocenters. The summed E-state index contributed by atoms with van der Waals surface area (Å²) >= 11 is 0. The van der Waals surface area contributed by atoms with Crippen LogP contribution in [0.1, 0.15) is 91.9 Å². The third kappa shape index (κ3) is 4.97. The zero-order chi connectivity index (χ0) is 16.7. The Hall–Kier alpha value is -0.0400. The molecule has 23 heavy (non-hydrogen) atoms. The molecule has 1 N–H and O–H groups in total. The Balaban J connectivity index is 1.83. The number of rotatable bonds is 11. The number of unbranched alkanes of at least 4 members (excludes halogenated alkanes) is 1. The van der Waals surface area contributed by atoms with Crippen molar-refractivity contribution in [3.8, 4) is 0 Å². The topological polar surface area (TPSA) is 12.0 Å². The summed E-state index contributed by atoms with van der Waals surface area (Å²) in [6, 6.07) is 0. The molecule has 2 rings (SSSR count). The van der Waals surface area contributed by atoms with Crippen LogP contribution >= 0.6 is 0 Å². The molecule has 1 nitrogen and oxygen atoms in total. The molecule has 0 aliphatic heterocycles. The van der Waals surface area contributed by atoms with Crippen molar-refractivity contribution in [3.63, 3.8) is 0 Å². The van der Waals surface area contributed by atoms with Crippen LogP contribution in [0.4, 0.5) is 0 Å². The Morgan fingerprint density at radius 1 is 0.913 bits per heavy atom. The van der Waals surface area contributed by atoms with Crippen molar-refractivity contribution < 1.29 is 0 Å². The Bertz CT molecular complexity index is 313. The zero-order valence-electron chi connectivity index (χ0n) is 16.4. The molecular weight excluding hydrogens is 278 g/mol. The highest BCUT2D eigenvalue weighted by Crippen LogP contribution is 2.53. The molecule has 0 bridgehead atoms. The van der Waals surface area contributed by atoms with Gasteiger partial charge in [-0.2, -0.15) is 0 Å². The summed E-state index contributed by atoms with van der Waals surface area (Å²) in [6.45, 7) is 12.1. The van der Waals surface area contributed by atoms with Crippen LogP contribution in [0.25, 0.3) is 0 Å². The Kier molecular flexibility index (Phi) is 8.44. The van der Waals surface area contributed by atoms with Crippen LogP contribution in [0.3, 0.4) is 0 Å². The molecule has 0 aromatic carbocycles. The molecule has 1 heteroatoms. The molecule has 0 aromatic rings. The normalized spacial score (nSPS) is 34.7. The predicted octanol–water partition coefficient (Wildman–Crippen LogP) is 6.28. The molecule has 136 valence electrons. The monoisotopic (exact) mass is 321 g/mol. The average Bonchev–Trinajstić information content (AvgIpc) is 2.53. The van der Waals surface area contributed by atoms with Crippen LogP contribution in [0.2, 0.25) is 0 Å². The zero-order valence-corrected chi connectivity index (χ0v) is 16.4. The van der Waals surface area contributed by atoms with Crippen molar-refractivity contribution in [1.82, 2.24) is 5.32 Å².